The van der Waals surface area contributed by atoms with Crippen LogP contribution in [0.5, 0.6) is 0 Å². The van der Waals surface area contributed by atoms with Crippen molar-refractivity contribution in [1.29, 1.82) is 0 Å². The van der Waals surface area contributed by atoms with Gasteiger partial charge in [-0.1, -0.05) is 0 Å². The molecule has 4 heteroatoms. The summed E-state index contributed by atoms with van der Waals surface area (Å²) in [6.45, 7) is 11.7. The summed E-state index contributed by atoms with van der Waals surface area (Å²) in [6, 6.07) is 0. The van der Waals surface area contributed by atoms with Gasteiger partial charge in [0.15, 0.2) is 0 Å². The first-order chi connectivity index (χ1) is 7.56. The first-order valence-corrected chi connectivity index (χ1v) is 6.10. The molecule has 0 rings (SSSR count). The molecule has 0 aromatic rings. The molecule has 98 valence electrons. The Balaban J connectivity index is 2.99. The van der Waals surface area contributed by atoms with Gasteiger partial charge >= 0.3 is 0 Å². The first kappa shape index (κ1) is 15.8. The fourth-order valence-corrected chi connectivity index (χ4v) is 1.19. The van der Waals surface area contributed by atoms with Crippen molar-refractivity contribution in [2.75, 3.05) is 46.5 Å². The van der Waals surface area contributed by atoms with Crippen LogP contribution in [0.15, 0.2) is 0 Å². The summed E-state index contributed by atoms with van der Waals surface area (Å²) in [5, 5.41) is 6.66. The van der Waals surface area contributed by atoms with Crippen LogP contribution < -0.4 is 10.6 Å². The van der Waals surface area contributed by atoms with Gasteiger partial charge in [0.2, 0.25) is 0 Å². The Kier molecular flexibility index (Phi) is 9.92. The van der Waals surface area contributed by atoms with Crippen LogP contribution >= 0.6 is 0 Å². The van der Waals surface area contributed by atoms with Crippen LogP contribution in [0.2, 0.25) is 0 Å². The topological polar surface area (TPSA) is 42.5 Å². The Bertz CT molecular complexity index is 146. The maximum atomic E-state index is 5.59. The average molecular weight is 232 g/mol. The van der Waals surface area contributed by atoms with Crippen LogP contribution in [0.1, 0.15) is 27.2 Å². The number of methoxy groups -OCH3 is 1. The largest absolute Gasteiger partial charge is 0.383 e. The highest BCUT2D eigenvalue weighted by atomic mass is 16.5. The van der Waals surface area contributed by atoms with Crippen LogP contribution in [0, 0.1) is 0 Å². The summed E-state index contributed by atoms with van der Waals surface area (Å²) in [6.07, 6.45) is 1.14. The molecule has 4 nitrogen and oxygen atoms in total. The van der Waals surface area contributed by atoms with Crippen molar-refractivity contribution in [3.63, 3.8) is 0 Å². The van der Waals surface area contributed by atoms with E-state index < -0.39 is 0 Å². The SMILES string of the molecule is COCCNCCCNCCOC(C)(C)C. The molecule has 0 amide bonds. The zero-order valence-corrected chi connectivity index (χ0v) is 11.3. The second-order valence-corrected chi connectivity index (χ2v) is 4.81. The van der Waals surface area contributed by atoms with Gasteiger partial charge in [-0.3, -0.25) is 0 Å². The molecule has 0 radical (unpaired) electrons. The highest BCUT2D eigenvalue weighted by Crippen LogP contribution is 2.04. The monoisotopic (exact) mass is 232 g/mol. The molecule has 0 heterocycles. The number of nitrogens with one attached hydrogen (secondary N) is 2. The lowest BCUT2D eigenvalue weighted by molar-refractivity contribution is -0.000746. The highest BCUT2D eigenvalue weighted by molar-refractivity contribution is 4.59. The maximum absolute atomic E-state index is 5.59. The van der Waals surface area contributed by atoms with Gasteiger partial charge in [0.05, 0.1) is 18.8 Å². The van der Waals surface area contributed by atoms with Gasteiger partial charge < -0.3 is 20.1 Å². The Morgan fingerprint density at radius 1 is 0.875 bits per heavy atom. The van der Waals surface area contributed by atoms with E-state index in [0.717, 1.165) is 45.8 Å². The van der Waals surface area contributed by atoms with Gasteiger partial charge in [-0.2, -0.15) is 0 Å². The number of hydrogen-bond donors (Lipinski definition) is 2. The van der Waals surface area contributed by atoms with E-state index in [1.165, 1.54) is 0 Å². The van der Waals surface area contributed by atoms with Crippen molar-refractivity contribution < 1.29 is 9.47 Å². The first-order valence-electron chi connectivity index (χ1n) is 6.10. The van der Waals surface area contributed by atoms with Gasteiger partial charge in [0.25, 0.3) is 0 Å². The van der Waals surface area contributed by atoms with E-state index in [1.54, 1.807) is 7.11 Å². The predicted molar refractivity (Wildman–Crippen MR) is 67.9 cm³/mol. The van der Waals surface area contributed by atoms with Crippen molar-refractivity contribution in [1.82, 2.24) is 10.6 Å². The van der Waals surface area contributed by atoms with E-state index >= 15 is 0 Å². The quantitative estimate of drug-likeness (QED) is 0.552. The lowest BCUT2D eigenvalue weighted by Crippen LogP contribution is -2.29. The van der Waals surface area contributed by atoms with Crippen LogP contribution in [-0.2, 0) is 9.47 Å². The van der Waals surface area contributed by atoms with Crippen LogP contribution in [-0.4, -0.2) is 52.1 Å². The van der Waals surface area contributed by atoms with E-state index in [-0.39, 0.29) is 5.60 Å². The number of rotatable bonds is 10. The van der Waals surface area contributed by atoms with E-state index in [1.807, 2.05) is 0 Å². The van der Waals surface area contributed by atoms with Crippen molar-refractivity contribution in [2.45, 2.75) is 32.8 Å². The maximum Gasteiger partial charge on any atom is 0.0599 e. The Hall–Kier alpha value is -0.160. The molecule has 0 spiro atoms. The molecule has 0 aromatic heterocycles. The third-order valence-corrected chi connectivity index (χ3v) is 2.00. The summed E-state index contributed by atoms with van der Waals surface area (Å²) < 4.78 is 10.5. The lowest BCUT2D eigenvalue weighted by atomic mass is 10.2. The fourth-order valence-electron chi connectivity index (χ4n) is 1.19. The molecular formula is C12H28N2O2. The van der Waals surface area contributed by atoms with Crippen molar-refractivity contribution >= 4 is 0 Å². The van der Waals surface area contributed by atoms with Crippen LogP contribution in [0.3, 0.4) is 0 Å². The normalized spacial score (nSPS) is 12.0. The van der Waals surface area contributed by atoms with Crippen LogP contribution in [0.4, 0.5) is 0 Å². The van der Waals surface area contributed by atoms with Crippen molar-refractivity contribution in [3.05, 3.63) is 0 Å². The molecule has 0 atom stereocenters. The number of ether oxygens (including phenoxy) is 2. The minimum Gasteiger partial charge on any atom is -0.383 e. The zero-order valence-electron chi connectivity index (χ0n) is 11.3. The van der Waals surface area contributed by atoms with Crippen molar-refractivity contribution in [3.8, 4) is 0 Å². The van der Waals surface area contributed by atoms with Gasteiger partial charge in [0.1, 0.15) is 0 Å². The van der Waals surface area contributed by atoms with E-state index in [9.17, 15) is 0 Å². The third-order valence-electron chi connectivity index (χ3n) is 2.00. The molecule has 0 saturated heterocycles. The van der Waals surface area contributed by atoms with E-state index in [2.05, 4.69) is 31.4 Å². The van der Waals surface area contributed by atoms with E-state index in [0.29, 0.717) is 0 Å². The summed E-state index contributed by atoms with van der Waals surface area (Å²) >= 11 is 0. The Morgan fingerprint density at radius 3 is 1.94 bits per heavy atom. The Morgan fingerprint density at radius 2 is 1.44 bits per heavy atom. The average Bonchev–Trinajstić information content (AvgIpc) is 2.19. The zero-order chi connectivity index (χ0) is 12.3. The summed E-state index contributed by atoms with van der Waals surface area (Å²) in [5.74, 6) is 0. The third kappa shape index (κ3) is 13.8. The summed E-state index contributed by atoms with van der Waals surface area (Å²) in [4.78, 5) is 0. The smallest absolute Gasteiger partial charge is 0.0599 e. The Labute approximate surface area is 100 Å². The molecule has 16 heavy (non-hydrogen) atoms. The second kappa shape index (κ2) is 10.0. The minimum absolute atomic E-state index is 0.0244. The molecule has 0 unspecified atom stereocenters. The fraction of sp³-hybridized carbons (Fsp3) is 1.00. The molecule has 0 bridgehead atoms. The van der Waals surface area contributed by atoms with Gasteiger partial charge in [-0.15, -0.1) is 0 Å². The van der Waals surface area contributed by atoms with Crippen LogP contribution in [0.25, 0.3) is 0 Å². The van der Waals surface area contributed by atoms with Gasteiger partial charge in [-0.05, 0) is 40.3 Å². The van der Waals surface area contributed by atoms with E-state index in [4.69, 9.17) is 9.47 Å². The van der Waals surface area contributed by atoms with Gasteiger partial charge in [0, 0.05) is 20.2 Å². The molecule has 0 aliphatic rings. The molecule has 0 aliphatic carbocycles. The highest BCUT2D eigenvalue weighted by Gasteiger charge is 2.08. The predicted octanol–water partition coefficient (Wildman–Crippen LogP) is 1.02. The van der Waals surface area contributed by atoms with Crippen molar-refractivity contribution in [2.24, 2.45) is 0 Å². The molecule has 0 saturated carbocycles. The minimum atomic E-state index is -0.0244. The number of hydrogen-bond acceptors (Lipinski definition) is 4. The lowest BCUT2D eigenvalue weighted by Gasteiger charge is -2.19. The summed E-state index contributed by atoms with van der Waals surface area (Å²) in [7, 11) is 1.72. The molecular weight excluding hydrogens is 204 g/mol. The molecule has 2 N–H and O–H groups in total. The molecule has 0 aromatic carbocycles. The standard InChI is InChI=1S/C12H28N2O2/c1-12(2,3)16-11-9-14-7-5-6-13-8-10-15-4/h13-14H,5-11H2,1-4H3. The molecule has 0 fully saturated rings. The van der Waals surface area contributed by atoms with Gasteiger partial charge in [-0.25, -0.2) is 0 Å². The second-order valence-electron chi connectivity index (χ2n) is 4.81. The summed E-state index contributed by atoms with van der Waals surface area (Å²) in [5.41, 5.74) is -0.0244. The molecule has 0 aliphatic heterocycles.